The molecule has 0 unspecified atom stereocenters. The maximum absolute atomic E-state index is 10.7. The normalized spacial score (nSPS) is 15.4. The van der Waals surface area contributed by atoms with Gasteiger partial charge in [-0.25, -0.2) is 0 Å². The molecule has 0 bridgehead atoms. The molecule has 0 atom stereocenters. The molecule has 0 radical (unpaired) electrons. The number of hydrogen-bond donors (Lipinski definition) is 1. The van der Waals surface area contributed by atoms with Gasteiger partial charge in [0.25, 0.3) is 10.1 Å². The lowest BCUT2D eigenvalue weighted by atomic mass is 10.1. The van der Waals surface area contributed by atoms with E-state index < -0.39 is 10.1 Å². The highest BCUT2D eigenvalue weighted by molar-refractivity contribution is 7.85. The van der Waals surface area contributed by atoms with E-state index in [-0.39, 0.29) is 6.61 Å². The van der Waals surface area contributed by atoms with E-state index in [0.29, 0.717) is 0 Å². The van der Waals surface area contributed by atoms with Crippen LogP contribution in [0, 0.1) is 0 Å². The van der Waals surface area contributed by atoms with E-state index in [1.165, 1.54) is 5.57 Å². The average molecular weight is 275 g/mol. The van der Waals surface area contributed by atoms with Crippen LogP contribution in [0.2, 0.25) is 0 Å². The summed E-state index contributed by atoms with van der Waals surface area (Å²) in [6, 6.07) is 0. The van der Waals surface area contributed by atoms with Crippen LogP contribution < -0.4 is 5.48 Å². The molecule has 0 fully saturated rings. The Kier molecular flexibility index (Phi) is 6.38. The summed E-state index contributed by atoms with van der Waals surface area (Å²) in [7, 11) is -1.69. The molecule has 0 aromatic carbocycles. The van der Waals surface area contributed by atoms with Crippen molar-refractivity contribution in [1.82, 2.24) is 5.48 Å². The topological polar surface area (TPSA) is 64.6 Å². The first-order valence-corrected chi connectivity index (χ1v) is 7.87. The molecule has 0 saturated heterocycles. The van der Waals surface area contributed by atoms with Crippen molar-refractivity contribution in [2.45, 2.75) is 32.1 Å². The molecule has 1 aliphatic carbocycles. The fourth-order valence-corrected chi connectivity index (χ4v) is 2.24. The second kappa shape index (κ2) is 7.56. The van der Waals surface area contributed by atoms with Crippen molar-refractivity contribution in [3.63, 3.8) is 0 Å². The molecule has 0 amide bonds. The highest BCUT2D eigenvalue weighted by Gasteiger charge is 2.09. The SMILES string of the molecule is CONC1=CCC=C1CCCCCOS(C)(=O)=O. The third-order valence-electron chi connectivity index (χ3n) is 2.63. The summed E-state index contributed by atoms with van der Waals surface area (Å²) in [6.07, 6.45) is 9.98. The molecular weight excluding hydrogens is 254 g/mol. The van der Waals surface area contributed by atoms with E-state index in [0.717, 1.165) is 44.1 Å². The molecule has 0 aromatic heterocycles. The van der Waals surface area contributed by atoms with Gasteiger partial charge in [0.2, 0.25) is 0 Å². The van der Waals surface area contributed by atoms with Gasteiger partial charge in [0, 0.05) is 0 Å². The van der Waals surface area contributed by atoms with Gasteiger partial charge in [-0.2, -0.15) is 8.42 Å². The summed E-state index contributed by atoms with van der Waals surface area (Å²) < 4.78 is 26.1. The Morgan fingerprint density at radius 2 is 2.06 bits per heavy atom. The molecule has 6 heteroatoms. The van der Waals surface area contributed by atoms with Gasteiger partial charge in [-0.1, -0.05) is 18.6 Å². The Balaban J connectivity index is 2.10. The van der Waals surface area contributed by atoms with Gasteiger partial charge in [-0.15, -0.1) is 0 Å². The molecule has 5 nitrogen and oxygen atoms in total. The van der Waals surface area contributed by atoms with E-state index >= 15 is 0 Å². The molecule has 1 aliphatic rings. The fraction of sp³-hybridized carbons (Fsp3) is 0.667. The maximum Gasteiger partial charge on any atom is 0.264 e. The van der Waals surface area contributed by atoms with Crippen molar-refractivity contribution >= 4 is 10.1 Å². The maximum atomic E-state index is 10.7. The van der Waals surface area contributed by atoms with Crippen molar-refractivity contribution in [3.05, 3.63) is 23.4 Å². The monoisotopic (exact) mass is 275 g/mol. The molecule has 0 aliphatic heterocycles. The number of hydroxylamine groups is 1. The zero-order valence-corrected chi connectivity index (χ0v) is 11.8. The minimum atomic E-state index is -3.29. The Bertz CT molecular complexity index is 412. The van der Waals surface area contributed by atoms with Crippen LogP contribution in [0.5, 0.6) is 0 Å². The van der Waals surface area contributed by atoms with Gasteiger partial charge in [0.15, 0.2) is 0 Å². The summed E-state index contributed by atoms with van der Waals surface area (Å²) >= 11 is 0. The molecule has 1 N–H and O–H groups in total. The van der Waals surface area contributed by atoms with Crippen molar-refractivity contribution in [2.75, 3.05) is 20.0 Å². The Morgan fingerprint density at radius 3 is 2.72 bits per heavy atom. The lowest BCUT2D eigenvalue weighted by Gasteiger charge is -2.09. The van der Waals surface area contributed by atoms with Gasteiger partial charge >= 0.3 is 0 Å². The van der Waals surface area contributed by atoms with Crippen LogP contribution in [0.25, 0.3) is 0 Å². The number of rotatable bonds is 9. The third-order valence-corrected chi connectivity index (χ3v) is 3.23. The van der Waals surface area contributed by atoms with E-state index in [4.69, 9.17) is 4.84 Å². The van der Waals surface area contributed by atoms with E-state index in [9.17, 15) is 8.42 Å². The summed E-state index contributed by atoms with van der Waals surface area (Å²) in [5, 5.41) is 0. The number of unbranched alkanes of at least 4 members (excludes halogenated alkanes) is 2. The lowest BCUT2D eigenvalue weighted by Crippen LogP contribution is -2.11. The standard InChI is InChI=1S/C12H21NO4S/c1-16-13-12-9-6-8-11(12)7-4-3-5-10-17-18(2,14)15/h8-9,13H,3-7,10H2,1-2H3. The highest BCUT2D eigenvalue weighted by Crippen LogP contribution is 2.22. The molecule has 0 heterocycles. The second-order valence-corrected chi connectivity index (χ2v) is 5.87. The van der Waals surface area contributed by atoms with Crippen molar-refractivity contribution in [1.29, 1.82) is 0 Å². The molecule has 0 spiro atoms. The molecule has 104 valence electrons. The predicted octanol–water partition coefficient (Wildman–Crippen LogP) is 1.89. The van der Waals surface area contributed by atoms with Crippen LogP contribution in [-0.2, 0) is 19.1 Å². The van der Waals surface area contributed by atoms with E-state index in [1.807, 2.05) is 0 Å². The zero-order valence-electron chi connectivity index (χ0n) is 10.9. The third kappa shape index (κ3) is 6.18. The van der Waals surface area contributed by atoms with E-state index in [1.54, 1.807) is 7.11 Å². The first kappa shape index (κ1) is 15.2. The molecule has 0 saturated carbocycles. The number of hydrogen-bond acceptors (Lipinski definition) is 5. The van der Waals surface area contributed by atoms with Gasteiger partial charge in [-0.3, -0.25) is 14.5 Å². The first-order valence-electron chi connectivity index (χ1n) is 6.06. The largest absolute Gasteiger partial charge is 0.279 e. The average Bonchev–Trinajstić information content (AvgIpc) is 2.70. The van der Waals surface area contributed by atoms with Crippen LogP contribution in [0.4, 0.5) is 0 Å². The van der Waals surface area contributed by atoms with Crippen molar-refractivity contribution in [2.24, 2.45) is 0 Å². The molecule has 1 rings (SSSR count). The lowest BCUT2D eigenvalue weighted by molar-refractivity contribution is 0.119. The van der Waals surface area contributed by atoms with Gasteiger partial charge < -0.3 is 0 Å². The van der Waals surface area contributed by atoms with Crippen molar-refractivity contribution in [3.8, 4) is 0 Å². The van der Waals surface area contributed by atoms with Crippen LogP contribution in [-0.4, -0.2) is 28.4 Å². The van der Waals surface area contributed by atoms with Crippen LogP contribution in [0.15, 0.2) is 23.4 Å². The smallest absolute Gasteiger partial charge is 0.264 e. The van der Waals surface area contributed by atoms with Gasteiger partial charge in [-0.05, 0) is 31.3 Å². The second-order valence-electron chi connectivity index (χ2n) is 4.23. The van der Waals surface area contributed by atoms with Crippen LogP contribution >= 0.6 is 0 Å². The number of allylic oxidation sites excluding steroid dienone is 3. The fourth-order valence-electron chi connectivity index (χ4n) is 1.82. The Morgan fingerprint density at radius 1 is 1.28 bits per heavy atom. The predicted molar refractivity (Wildman–Crippen MR) is 70.2 cm³/mol. The van der Waals surface area contributed by atoms with E-state index in [2.05, 4.69) is 21.8 Å². The summed E-state index contributed by atoms with van der Waals surface area (Å²) in [5.41, 5.74) is 5.17. The van der Waals surface area contributed by atoms with Crippen LogP contribution in [0.1, 0.15) is 32.1 Å². The minimum absolute atomic E-state index is 0.275. The molecule has 18 heavy (non-hydrogen) atoms. The number of nitrogens with one attached hydrogen (secondary N) is 1. The minimum Gasteiger partial charge on any atom is -0.279 e. The molecular formula is C12H21NO4S. The Hall–Kier alpha value is -0.850. The quantitative estimate of drug-likeness (QED) is 0.395. The van der Waals surface area contributed by atoms with Gasteiger partial charge in [0.05, 0.1) is 25.7 Å². The highest BCUT2D eigenvalue weighted by atomic mass is 32.2. The first-order chi connectivity index (χ1) is 8.53. The zero-order chi connectivity index (χ0) is 13.4. The van der Waals surface area contributed by atoms with Gasteiger partial charge in [0.1, 0.15) is 0 Å². The van der Waals surface area contributed by atoms with Crippen LogP contribution in [0.3, 0.4) is 0 Å². The molecule has 0 aromatic rings. The summed E-state index contributed by atoms with van der Waals surface area (Å²) in [6.45, 7) is 0.275. The summed E-state index contributed by atoms with van der Waals surface area (Å²) in [4.78, 5) is 4.89. The Labute approximate surface area is 109 Å². The van der Waals surface area contributed by atoms with Crippen molar-refractivity contribution < 1.29 is 17.4 Å². The summed E-state index contributed by atoms with van der Waals surface area (Å²) in [5.74, 6) is 0.